The molecule has 0 aliphatic heterocycles. The first-order chi connectivity index (χ1) is 11.9. The maximum absolute atomic E-state index is 14.2. The molecule has 0 aliphatic carbocycles. The van der Waals surface area contributed by atoms with Gasteiger partial charge in [0.05, 0.1) is 28.5 Å². The van der Waals surface area contributed by atoms with Gasteiger partial charge in [-0.1, -0.05) is 6.07 Å². The van der Waals surface area contributed by atoms with Crippen LogP contribution in [0.4, 0.5) is 13.2 Å². The first-order valence-corrected chi connectivity index (χ1v) is 7.28. The third-order valence-electron chi connectivity index (χ3n) is 3.65. The largest absolute Gasteiger partial charge is 0.436 e. The summed E-state index contributed by atoms with van der Waals surface area (Å²) in [7, 11) is 1.52. The zero-order valence-electron chi connectivity index (χ0n) is 13.3. The fourth-order valence-corrected chi connectivity index (χ4v) is 2.54. The Balaban J connectivity index is 2.14. The molecule has 0 aliphatic rings. The monoisotopic (exact) mass is 343 g/mol. The van der Waals surface area contributed by atoms with E-state index < -0.39 is 17.5 Å². The normalized spacial score (nSPS) is 10.6. The Kier molecular flexibility index (Phi) is 4.19. The second kappa shape index (κ2) is 6.32. The van der Waals surface area contributed by atoms with Gasteiger partial charge in [0.15, 0.2) is 11.6 Å². The standard InChI is InChI=1S/C18H12F3N3O/c1-10-16(17-12(19)4-3-5-13(17)20)18(24(2)23-10)25-15-7-6-11(9-22)8-14(15)21/h3-8H,1-2H3. The highest BCUT2D eigenvalue weighted by Gasteiger charge is 2.24. The van der Waals surface area contributed by atoms with Crippen LogP contribution in [-0.4, -0.2) is 9.78 Å². The van der Waals surface area contributed by atoms with Gasteiger partial charge in [-0.25, -0.2) is 17.9 Å². The minimum absolute atomic E-state index is 0.00916. The van der Waals surface area contributed by atoms with Gasteiger partial charge in [0.2, 0.25) is 5.88 Å². The smallest absolute Gasteiger partial charge is 0.226 e. The zero-order chi connectivity index (χ0) is 18.1. The number of aryl methyl sites for hydroxylation is 2. The van der Waals surface area contributed by atoms with Crippen molar-refractivity contribution < 1.29 is 17.9 Å². The van der Waals surface area contributed by atoms with Crippen molar-refractivity contribution in [1.82, 2.24) is 9.78 Å². The number of nitrogens with zero attached hydrogens (tertiary/aromatic N) is 3. The fourth-order valence-electron chi connectivity index (χ4n) is 2.54. The van der Waals surface area contributed by atoms with Crippen molar-refractivity contribution in [2.75, 3.05) is 0 Å². The number of rotatable bonds is 3. The SMILES string of the molecule is Cc1nn(C)c(Oc2ccc(C#N)cc2F)c1-c1c(F)cccc1F. The summed E-state index contributed by atoms with van der Waals surface area (Å²) in [6, 6.07) is 8.98. The van der Waals surface area contributed by atoms with Gasteiger partial charge in [0.1, 0.15) is 11.6 Å². The summed E-state index contributed by atoms with van der Waals surface area (Å²) >= 11 is 0. The van der Waals surface area contributed by atoms with E-state index in [1.807, 2.05) is 6.07 Å². The second-order valence-electron chi connectivity index (χ2n) is 5.34. The zero-order valence-corrected chi connectivity index (χ0v) is 13.3. The molecule has 0 N–H and O–H groups in total. The minimum Gasteiger partial charge on any atom is -0.436 e. The second-order valence-corrected chi connectivity index (χ2v) is 5.34. The summed E-state index contributed by atoms with van der Waals surface area (Å²) in [5, 5.41) is 12.9. The topological polar surface area (TPSA) is 50.8 Å². The summed E-state index contributed by atoms with van der Waals surface area (Å²) in [6.07, 6.45) is 0. The lowest BCUT2D eigenvalue weighted by Gasteiger charge is -2.11. The summed E-state index contributed by atoms with van der Waals surface area (Å²) in [6.45, 7) is 1.57. The van der Waals surface area contributed by atoms with E-state index in [0.29, 0.717) is 5.69 Å². The molecule has 0 amide bonds. The molecular formula is C18H12F3N3O. The van der Waals surface area contributed by atoms with Crippen LogP contribution in [0.15, 0.2) is 36.4 Å². The number of nitriles is 1. The highest BCUT2D eigenvalue weighted by molar-refractivity contribution is 5.73. The van der Waals surface area contributed by atoms with Crippen molar-refractivity contribution in [2.24, 2.45) is 7.05 Å². The summed E-state index contributed by atoms with van der Waals surface area (Å²) in [5.41, 5.74) is 0.265. The van der Waals surface area contributed by atoms with E-state index in [-0.39, 0.29) is 28.3 Å². The maximum atomic E-state index is 14.2. The lowest BCUT2D eigenvalue weighted by Crippen LogP contribution is -1.99. The molecule has 0 radical (unpaired) electrons. The molecule has 1 heterocycles. The lowest BCUT2D eigenvalue weighted by atomic mass is 10.0. The third-order valence-corrected chi connectivity index (χ3v) is 3.65. The van der Waals surface area contributed by atoms with Crippen molar-refractivity contribution in [3.8, 4) is 28.8 Å². The predicted molar refractivity (Wildman–Crippen MR) is 84.5 cm³/mol. The molecule has 0 spiro atoms. The molecular weight excluding hydrogens is 331 g/mol. The van der Waals surface area contributed by atoms with E-state index in [1.165, 1.54) is 29.9 Å². The number of hydrogen-bond donors (Lipinski definition) is 0. The van der Waals surface area contributed by atoms with E-state index in [1.54, 1.807) is 6.92 Å². The highest BCUT2D eigenvalue weighted by Crippen LogP contribution is 2.38. The van der Waals surface area contributed by atoms with Gasteiger partial charge in [0.25, 0.3) is 0 Å². The van der Waals surface area contributed by atoms with Gasteiger partial charge < -0.3 is 4.74 Å². The Morgan fingerprint density at radius 1 is 1.04 bits per heavy atom. The molecule has 3 rings (SSSR count). The molecule has 25 heavy (non-hydrogen) atoms. The first-order valence-electron chi connectivity index (χ1n) is 7.28. The number of hydrogen-bond acceptors (Lipinski definition) is 3. The quantitative estimate of drug-likeness (QED) is 0.705. The first kappa shape index (κ1) is 16.6. The lowest BCUT2D eigenvalue weighted by molar-refractivity contribution is 0.404. The number of ether oxygens (including phenoxy) is 1. The maximum Gasteiger partial charge on any atom is 0.226 e. The van der Waals surface area contributed by atoms with Crippen LogP contribution in [0.25, 0.3) is 11.1 Å². The van der Waals surface area contributed by atoms with Crippen LogP contribution < -0.4 is 4.74 Å². The van der Waals surface area contributed by atoms with Gasteiger partial charge in [-0.2, -0.15) is 10.4 Å². The van der Waals surface area contributed by atoms with Crippen LogP contribution >= 0.6 is 0 Å². The van der Waals surface area contributed by atoms with Gasteiger partial charge in [-0.05, 0) is 37.3 Å². The van der Waals surface area contributed by atoms with Gasteiger partial charge in [-0.3, -0.25) is 0 Å². The number of benzene rings is 2. The average Bonchev–Trinajstić information content (AvgIpc) is 2.83. The molecule has 2 aromatic carbocycles. The van der Waals surface area contributed by atoms with Crippen LogP contribution in [0, 0.1) is 35.7 Å². The number of halogens is 3. The van der Waals surface area contributed by atoms with E-state index in [9.17, 15) is 13.2 Å². The van der Waals surface area contributed by atoms with Gasteiger partial charge >= 0.3 is 0 Å². The molecule has 7 heteroatoms. The highest BCUT2D eigenvalue weighted by atomic mass is 19.1. The minimum atomic E-state index is -0.777. The van der Waals surface area contributed by atoms with E-state index in [0.717, 1.165) is 18.2 Å². The Bertz CT molecular complexity index is 985. The molecule has 0 saturated heterocycles. The van der Waals surface area contributed by atoms with Gasteiger partial charge in [-0.15, -0.1) is 0 Å². The molecule has 0 fully saturated rings. The van der Waals surface area contributed by atoms with E-state index in [2.05, 4.69) is 5.10 Å². The van der Waals surface area contributed by atoms with Crippen LogP contribution in [0.5, 0.6) is 11.6 Å². The van der Waals surface area contributed by atoms with Crippen molar-refractivity contribution >= 4 is 0 Å². The summed E-state index contributed by atoms with van der Waals surface area (Å²) < 4.78 is 49.3. The Labute approximate surface area is 141 Å². The van der Waals surface area contributed by atoms with Crippen molar-refractivity contribution in [3.05, 3.63) is 65.1 Å². The molecule has 1 aromatic heterocycles. The Morgan fingerprint density at radius 2 is 1.72 bits per heavy atom. The van der Waals surface area contributed by atoms with E-state index in [4.69, 9.17) is 10.00 Å². The van der Waals surface area contributed by atoms with Crippen LogP contribution in [0.3, 0.4) is 0 Å². The Hall–Kier alpha value is -3.27. The molecule has 0 atom stereocenters. The van der Waals surface area contributed by atoms with Crippen LogP contribution in [0.2, 0.25) is 0 Å². The Morgan fingerprint density at radius 3 is 2.32 bits per heavy atom. The van der Waals surface area contributed by atoms with Crippen LogP contribution in [-0.2, 0) is 7.05 Å². The predicted octanol–water partition coefficient (Wildman–Crippen LogP) is 4.48. The average molecular weight is 343 g/mol. The van der Waals surface area contributed by atoms with Crippen molar-refractivity contribution in [2.45, 2.75) is 6.92 Å². The third kappa shape index (κ3) is 2.94. The summed E-state index contributed by atoms with van der Waals surface area (Å²) in [5.74, 6) is -2.51. The van der Waals surface area contributed by atoms with Crippen LogP contribution in [0.1, 0.15) is 11.3 Å². The molecule has 0 unspecified atom stereocenters. The molecule has 3 aromatic rings. The van der Waals surface area contributed by atoms with Gasteiger partial charge in [0, 0.05) is 7.05 Å². The molecule has 4 nitrogen and oxygen atoms in total. The molecule has 126 valence electrons. The van der Waals surface area contributed by atoms with Crippen molar-refractivity contribution in [1.29, 1.82) is 5.26 Å². The number of aromatic nitrogens is 2. The van der Waals surface area contributed by atoms with Crippen molar-refractivity contribution in [3.63, 3.8) is 0 Å². The molecule has 0 saturated carbocycles. The molecule has 0 bridgehead atoms. The van der Waals surface area contributed by atoms with E-state index >= 15 is 0 Å². The summed E-state index contributed by atoms with van der Waals surface area (Å²) in [4.78, 5) is 0. The fraction of sp³-hybridized carbons (Fsp3) is 0.111.